The summed E-state index contributed by atoms with van der Waals surface area (Å²) in [6.45, 7) is 7.84. The van der Waals surface area contributed by atoms with Gasteiger partial charge in [0.25, 0.3) is 6.47 Å². The summed E-state index contributed by atoms with van der Waals surface area (Å²) < 4.78 is 9.63. The van der Waals surface area contributed by atoms with Crippen LogP contribution in [0.4, 0.5) is 0 Å². The molecule has 0 aromatic heterocycles. The summed E-state index contributed by atoms with van der Waals surface area (Å²) in [4.78, 5) is 21.5. The van der Waals surface area contributed by atoms with E-state index in [-0.39, 0.29) is 6.47 Å². The van der Waals surface area contributed by atoms with Crippen molar-refractivity contribution >= 4 is 12.4 Å². The number of rotatable bonds is 7. The van der Waals surface area contributed by atoms with E-state index in [2.05, 4.69) is 18.6 Å². The largest absolute Gasteiger partial charge is 0.463 e. The Morgan fingerprint density at radius 3 is 2.53 bits per heavy atom. The molecule has 1 unspecified atom stereocenters. The molecule has 0 rings (SSSR count). The minimum Gasteiger partial charge on any atom is -0.463 e. The Balaban J connectivity index is 3.87. The van der Waals surface area contributed by atoms with Gasteiger partial charge in [-0.2, -0.15) is 0 Å². The van der Waals surface area contributed by atoms with E-state index in [1.165, 1.54) is 13.8 Å². The molecule has 0 amide bonds. The van der Waals surface area contributed by atoms with E-state index in [9.17, 15) is 9.59 Å². The smallest absolute Gasteiger partial charge is 0.349 e. The maximum absolute atomic E-state index is 11.4. The quantitative estimate of drug-likeness (QED) is 0.482. The maximum Gasteiger partial charge on any atom is 0.349 e. The van der Waals surface area contributed by atoms with Gasteiger partial charge in [0.05, 0.1) is 6.61 Å². The second-order valence-corrected chi connectivity index (χ2v) is 4.16. The van der Waals surface area contributed by atoms with Crippen molar-refractivity contribution in [3.8, 4) is 0 Å². The Bertz CT molecular complexity index is 211. The molecule has 0 N–H and O–H groups in total. The van der Waals surface area contributed by atoms with Crippen LogP contribution in [0.25, 0.3) is 0 Å². The highest BCUT2D eigenvalue weighted by molar-refractivity contribution is 5.79. The maximum atomic E-state index is 11.4. The molecule has 88 valence electrons. The first-order chi connectivity index (χ1) is 6.94. The van der Waals surface area contributed by atoms with Gasteiger partial charge in [0.2, 0.25) is 5.60 Å². The third-order valence-corrected chi connectivity index (χ3v) is 2.38. The highest BCUT2D eigenvalue weighted by Crippen LogP contribution is 2.12. The zero-order valence-electron chi connectivity index (χ0n) is 9.91. The van der Waals surface area contributed by atoms with Crippen molar-refractivity contribution in [3.05, 3.63) is 0 Å². The average Bonchev–Trinajstić information content (AvgIpc) is 2.17. The first-order valence-corrected chi connectivity index (χ1v) is 5.22. The van der Waals surface area contributed by atoms with Gasteiger partial charge in [-0.25, -0.2) is 4.79 Å². The molecular formula is C11H20O4. The van der Waals surface area contributed by atoms with Crippen molar-refractivity contribution < 1.29 is 19.1 Å². The third-order valence-electron chi connectivity index (χ3n) is 2.38. The summed E-state index contributed by atoms with van der Waals surface area (Å²) in [6.07, 6.45) is 1.89. The van der Waals surface area contributed by atoms with Crippen LogP contribution < -0.4 is 0 Å². The van der Waals surface area contributed by atoms with Crippen molar-refractivity contribution in [2.45, 2.75) is 46.1 Å². The second-order valence-electron chi connectivity index (χ2n) is 4.16. The lowest BCUT2D eigenvalue weighted by molar-refractivity contribution is -0.171. The zero-order chi connectivity index (χ0) is 11.9. The number of carbonyl (C=O) groups is 2. The number of hydrogen-bond donors (Lipinski definition) is 0. The Labute approximate surface area is 90.9 Å². The Morgan fingerprint density at radius 2 is 2.07 bits per heavy atom. The molecule has 0 saturated heterocycles. The lowest BCUT2D eigenvalue weighted by Gasteiger charge is -2.20. The third kappa shape index (κ3) is 5.40. The van der Waals surface area contributed by atoms with Crippen LogP contribution in [0.5, 0.6) is 0 Å². The van der Waals surface area contributed by atoms with Crippen molar-refractivity contribution in [2.75, 3.05) is 6.61 Å². The Hall–Kier alpha value is -1.06. The fourth-order valence-electron chi connectivity index (χ4n) is 0.899. The SMILES string of the molecule is CCC(C)CCOC(=O)C(C)(C)OC=O. The molecule has 1 atom stereocenters. The second kappa shape index (κ2) is 6.43. The van der Waals surface area contributed by atoms with Crippen molar-refractivity contribution in [1.29, 1.82) is 0 Å². The predicted molar refractivity (Wildman–Crippen MR) is 56.3 cm³/mol. The first-order valence-electron chi connectivity index (χ1n) is 5.22. The lowest BCUT2D eigenvalue weighted by Crippen LogP contribution is -2.36. The summed E-state index contributed by atoms with van der Waals surface area (Å²) >= 11 is 0. The monoisotopic (exact) mass is 216 g/mol. The molecule has 0 aliphatic rings. The summed E-state index contributed by atoms with van der Waals surface area (Å²) in [5.41, 5.74) is -1.18. The van der Waals surface area contributed by atoms with Crippen LogP contribution in [-0.4, -0.2) is 24.6 Å². The van der Waals surface area contributed by atoms with Gasteiger partial charge in [0.15, 0.2) is 0 Å². The van der Waals surface area contributed by atoms with Crippen LogP contribution in [-0.2, 0) is 19.1 Å². The molecule has 0 bridgehead atoms. The van der Waals surface area contributed by atoms with Gasteiger partial charge < -0.3 is 9.47 Å². The lowest BCUT2D eigenvalue weighted by atomic mass is 10.1. The van der Waals surface area contributed by atoms with Crippen LogP contribution in [0.2, 0.25) is 0 Å². The molecule has 0 aliphatic carbocycles. The van der Waals surface area contributed by atoms with Gasteiger partial charge in [-0.3, -0.25) is 4.79 Å². The molecule has 0 fully saturated rings. The molecule has 0 aromatic carbocycles. The van der Waals surface area contributed by atoms with Gasteiger partial charge >= 0.3 is 5.97 Å². The standard InChI is InChI=1S/C11H20O4/c1-5-9(2)6-7-14-10(13)11(3,4)15-8-12/h8-9H,5-7H2,1-4H3. The highest BCUT2D eigenvalue weighted by Gasteiger charge is 2.31. The fourth-order valence-corrected chi connectivity index (χ4v) is 0.899. The predicted octanol–water partition coefficient (Wildman–Crippen LogP) is 1.92. The molecule has 0 aromatic rings. The Morgan fingerprint density at radius 1 is 1.47 bits per heavy atom. The number of hydrogen-bond acceptors (Lipinski definition) is 4. The van der Waals surface area contributed by atoms with Gasteiger partial charge in [0, 0.05) is 0 Å². The average molecular weight is 216 g/mol. The van der Waals surface area contributed by atoms with Crippen molar-refractivity contribution in [3.63, 3.8) is 0 Å². The van der Waals surface area contributed by atoms with Crippen molar-refractivity contribution in [1.82, 2.24) is 0 Å². The van der Waals surface area contributed by atoms with Crippen LogP contribution in [0.3, 0.4) is 0 Å². The molecule has 4 heteroatoms. The van der Waals surface area contributed by atoms with E-state index >= 15 is 0 Å². The van der Waals surface area contributed by atoms with Crippen LogP contribution in [0.1, 0.15) is 40.5 Å². The Kier molecular flexibility index (Phi) is 5.97. The normalized spacial score (nSPS) is 13.1. The van der Waals surface area contributed by atoms with E-state index in [1.807, 2.05) is 0 Å². The van der Waals surface area contributed by atoms with Gasteiger partial charge in [-0.05, 0) is 26.2 Å². The summed E-state index contributed by atoms with van der Waals surface area (Å²) in [5.74, 6) is 0.0332. The minimum absolute atomic E-state index is 0.260. The summed E-state index contributed by atoms with van der Waals surface area (Å²) in [5, 5.41) is 0. The zero-order valence-corrected chi connectivity index (χ0v) is 9.91. The van der Waals surface area contributed by atoms with Crippen LogP contribution in [0, 0.1) is 5.92 Å². The first kappa shape index (κ1) is 13.9. The van der Waals surface area contributed by atoms with Crippen molar-refractivity contribution in [2.24, 2.45) is 5.92 Å². The molecule has 0 saturated carbocycles. The van der Waals surface area contributed by atoms with E-state index in [4.69, 9.17) is 4.74 Å². The van der Waals surface area contributed by atoms with E-state index < -0.39 is 11.6 Å². The number of ether oxygens (including phenoxy) is 2. The summed E-state index contributed by atoms with van der Waals surface area (Å²) in [6, 6.07) is 0. The van der Waals surface area contributed by atoms with Gasteiger partial charge in [0.1, 0.15) is 0 Å². The minimum atomic E-state index is -1.18. The summed E-state index contributed by atoms with van der Waals surface area (Å²) in [7, 11) is 0. The van der Waals surface area contributed by atoms with E-state index in [1.54, 1.807) is 0 Å². The highest BCUT2D eigenvalue weighted by atomic mass is 16.6. The van der Waals surface area contributed by atoms with Crippen LogP contribution in [0.15, 0.2) is 0 Å². The number of esters is 1. The van der Waals surface area contributed by atoms with Gasteiger partial charge in [-0.1, -0.05) is 20.3 Å². The molecule has 0 aliphatic heterocycles. The number of carbonyl (C=O) groups excluding carboxylic acids is 2. The van der Waals surface area contributed by atoms with E-state index in [0.717, 1.165) is 12.8 Å². The molecule has 4 nitrogen and oxygen atoms in total. The molecule has 0 spiro atoms. The molecule has 15 heavy (non-hydrogen) atoms. The molecular weight excluding hydrogens is 196 g/mol. The van der Waals surface area contributed by atoms with E-state index in [0.29, 0.717) is 12.5 Å². The van der Waals surface area contributed by atoms with Crippen LogP contribution >= 0.6 is 0 Å². The van der Waals surface area contributed by atoms with Gasteiger partial charge in [-0.15, -0.1) is 0 Å². The molecule has 0 heterocycles. The molecule has 0 radical (unpaired) electrons. The topological polar surface area (TPSA) is 52.6 Å². The fraction of sp³-hybridized carbons (Fsp3) is 0.818.